The van der Waals surface area contributed by atoms with Crippen LogP contribution in [0.5, 0.6) is 0 Å². The summed E-state index contributed by atoms with van der Waals surface area (Å²) in [5.74, 6) is -1.51. The minimum atomic E-state index is -4.36. The number of nitrogens with zero attached hydrogens (tertiary/aromatic N) is 1. The number of aliphatic carboxylic acids is 1. The molecule has 0 amide bonds. The molecule has 1 atom stereocenters. The Morgan fingerprint density at radius 1 is 1.32 bits per heavy atom. The molecule has 0 saturated heterocycles. The fraction of sp³-hybridized carbons (Fsp3) is 0.462. The molecule has 0 aliphatic carbocycles. The molecule has 0 radical (unpaired) electrons. The van der Waals surface area contributed by atoms with Crippen LogP contribution in [0, 0.1) is 5.92 Å². The van der Waals surface area contributed by atoms with Crippen molar-refractivity contribution in [2.75, 3.05) is 18.0 Å². The van der Waals surface area contributed by atoms with Gasteiger partial charge >= 0.3 is 12.1 Å². The molecular weight excluding hydrogens is 259 g/mol. The summed E-state index contributed by atoms with van der Waals surface area (Å²) in [6.07, 6.45) is -4.36. The van der Waals surface area contributed by atoms with E-state index in [0.29, 0.717) is 12.2 Å². The largest absolute Gasteiger partial charge is 0.481 e. The van der Waals surface area contributed by atoms with Gasteiger partial charge in [-0.15, -0.1) is 0 Å². The molecule has 3 nitrogen and oxygen atoms in total. The van der Waals surface area contributed by atoms with Gasteiger partial charge in [-0.1, -0.05) is 6.92 Å². The van der Waals surface area contributed by atoms with Crippen LogP contribution in [0.2, 0.25) is 0 Å². The van der Waals surface area contributed by atoms with Crippen molar-refractivity contribution in [1.82, 2.24) is 0 Å². The average Bonchev–Trinajstić information content (AvgIpc) is 2.34. The zero-order chi connectivity index (χ0) is 14.6. The predicted octanol–water partition coefficient (Wildman–Crippen LogP) is 3.25. The summed E-state index contributed by atoms with van der Waals surface area (Å²) in [4.78, 5) is 12.5. The molecule has 0 heterocycles. The van der Waals surface area contributed by atoms with Gasteiger partial charge in [0.25, 0.3) is 0 Å². The molecule has 1 N–H and O–H groups in total. The van der Waals surface area contributed by atoms with Crippen LogP contribution < -0.4 is 4.90 Å². The maximum Gasteiger partial charge on any atom is 0.416 e. The lowest BCUT2D eigenvalue weighted by atomic mass is 10.1. The van der Waals surface area contributed by atoms with E-state index < -0.39 is 23.6 Å². The zero-order valence-electron chi connectivity index (χ0n) is 10.7. The lowest BCUT2D eigenvalue weighted by Crippen LogP contribution is -2.31. The van der Waals surface area contributed by atoms with Crippen molar-refractivity contribution < 1.29 is 23.1 Å². The van der Waals surface area contributed by atoms with Crippen molar-refractivity contribution in [2.45, 2.75) is 20.0 Å². The van der Waals surface area contributed by atoms with E-state index in [1.54, 1.807) is 11.8 Å². The van der Waals surface area contributed by atoms with E-state index in [0.717, 1.165) is 12.1 Å². The van der Waals surface area contributed by atoms with Crippen LogP contribution >= 0.6 is 0 Å². The molecule has 19 heavy (non-hydrogen) atoms. The van der Waals surface area contributed by atoms with Gasteiger partial charge in [0.1, 0.15) is 0 Å². The van der Waals surface area contributed by atoms with E-state index in [-0.39, 0.29) is 6.54 Å². The third-order valence-electron chi connectivity index (χ3n) is 2.86. The Labute approximate surface area is 109 Å². The number of alkyl halides is 3. The molecule has 106 valence electrons. The highest BCUT2D eigenvalue weighted by atomic mass is 19.4. The lowest BCUT2D eigenvalue weighted by molar-refractivity contribution is -0.140. The highest BCUT2D eigenvalue weighted by molar-refractivity contribution is 5.70. The molecule has 0 aliphatic heterocycles. The smallest absolute Gasteiger partial charge is 0.416 e. The molecule has 0 spiro atoms. The summed E-state index contributed by atoms with van der Waals surface area (Å²) in [7, 11) is 0. The fourth-order valence-electron chi connectivity index (χ4n) is 1.69. The van der Waals surface area contributed by atoms with Crippen LogP contribution in [0.15, 0.2) is 24.3 Å². The van der Waals surface area contributed by atoms with Crippen molar-refractivity contribution in [3.63, 3.8) is 0 Å². The van der Waals surface area contributed by atoms with Gasteiger partial charge in [-0.25, -0.2) is 0 Å². The van der Waals surface area contributed by atoms with Gasteiger partial charge < -0.3 is 10.0 Å². The summed E-state index contributed by atoms with van der Waals surface area (Å²) in [5, 5.41) is 8.85. The Morgan fingerprint density at radius 3 is 2.21 bits per heavy atom. The number of rotatable bonds is 5. The zero-order valence-corrected chi connectivity index (χ0v) is 10.7. The quantitative estimate of drug-likeness (QED) is 0.896. The fourth-order valence-corrected chi connectivity index (χ4v) is 1.69. The minimum absolute atomic E-state index is 0.261. The van der Waals surface area contributed by atoms with Crippen molar-refractivity contribution >= 4 is 11.7 Å². The second-order valence-electron chi connectivity index (χ2n) is 4.32. The summed E-state index contributed by atoms with van der Waals surface area (Å²) in [6, 6.07) is 4.73. The van der Waals surface area contributed by atoms with Gasteiger partial charge in [0, 0.05) is 18.8 Å². The molecular formula is C13H16F3NO2. The molecule has 1 aromatic rings. The van der Waals surface area contributed by atoms with Crippen LogP contribution in [-0.4, -0.2) is 24.2 Å². The van der Waals surface area contributed by atoms with E-state index in [9.17, 15) is 18.0 Å². The first-order valence-electron chi connectivity index (χ1n) is 5.90. The summed E-state index contributed by atoms with van der Waals surface area (Å²) >= 11 is 0. The molecule has 1 aromatic carbocycles. The molecule has 0 aliphatic rings. The van der Waals surface area contributed by atoms with E-state index >= 15 is 0 Å². The van der Waals surface area contributed by atoms with Gasteiger partial charge in [0.05, 0.1) is 11.5 Å². The Kier molecular flexibility index (Phi) is 4.80. The van der Waals surface area contributed by atoms with Gasteiger partial charge in [0.15, 0.2) is 0 Å². The van der Waals surface area contributed by atoms with E-state index in [1.165, 1.54) is 12.1 Å². The first-order valence-corrected chi connectivity index (χ1v) is 5.90. The third kappa shape index (κ3) is 4.15. The Bertz CT molecular complexity index is 429. The standard InChI is InChI=1S/C13H16F3NO2/c1-3-17(8-9(2)12(18)19)11-6-4-10(5-7-11)13(14,15)16/h4-7,9H,3,8H2,1-2H3,(H,18,19). The van der Waals surface area contributed by atoms with Crippen molar-refractivity contribution in [3.8, 4) is 0 Å². The lowest BCUT2D eigenvalue weighted by Gasteiger charge is -2.25. The van der Waals surface area contributed by atoms with E-state index in [4.69, 9.17) is 5.11 Å². The third-order valence-corrected chi connectivity index (χ3v) is 2.86. The highest BCUT2D eigenvalue weighted by Crippen LogP contribution is 2.30. The Morgan fingerprint density at radius 2 is 1.84 bits per heavy atom. The number of carboxylic acid groups (broad SMARTS) is 1. The number of hydrogen-bond acceptors (Lipinski definition) is 2. The number of benzene rings is 1. The Hall–Kier alpha value is -1.72. The van der Waals surface area contributed by atoms with E-state index in [1.807, 2.05) is 6.92 Å². The number of carboxylic acids is 1. The topological polar surface area (TPSA) is 40.5 Å². The van der Waals surface area contributed by atoms with Crippen molar-refractivity contribution in [3.05, 3.63) is 29.8 Å². The van der Waals surface area contributed by atoms with Gasteiger partial charge in [0.2, 0.25) is 0 Å². The first kappa shape index (κ1) is 15.3. The van der Waals surface area contributed by atoms with E-state index in [2.05, 4.69) is 0 Å². The molecule has 1 unspecified atom stereocenters. The average molecular weight is 275 g/mol. The Balaban J connectivity index is 2.85. The van der Waals surface area contributed by atoms with Crippen molar-refractivity contribution in [1.29, 1.82) is 0 Å². The summed E-state index contributed by atoms with van der Waals surface area (Å²) in [6.45, 7) is 4.18. The van der Waals surface area contributed by atoms with Crippen LogP contribution in [0.1, 0.15) is 19.4 Å². The molecule has 6 heteroatoms. The first-order chi connectivity index (χ1) is 8.75. The van der Waals surface area contributed by atoms with Gasteiger partial charge in [-0.2, -0.15) is 13.2 Å². The maximum atomic E-state index is 12.4. The normalized spacial score (nSPS) is 13.1. The highest BCUT2D eigenvalue weighted by Gasteiger charge is 2.30. The van der Waals surface area contributed by atoms with Gasteiger partial charge in [-0.05, 0) is 31.2 Å². The summed E-state index contributed by atoms with van der Waals surface area (Å²) < 4.78 is 37.3. The second kappa shape index (κ2) is 5.95. The number of hydrogen-bond donors (Lipinski definition) is 1. The van der Waals surface area contributed by atoms with Crippen LogP contribution in [0.4, 0.5) is 18.9 Å². The SMILES string of the molecule is CCN(CC(C)C(=O)O)c1ccc(C(F)(F)F)cc1. The molecule has 0 bridgehead atoms. The maximum absolute atomic E-state index is 12.4. The number of carbonyl (C=O) groups is 1. The van der Waals surface area contributed by atoms with Gasteiger partial charge in [-0.3, -0.25) is 4.79 Å². The number of anilines is 1. The number of halogens is 3. The molecule has 0 aromatic heterocycles. The van der Waals surface area contributed by atoms with Crippen LogP contribution in [0.3, 0.4) is 0 Å². The molecule has 0 fully saturated rings. The minimum Gasteiger partial charge on any atom is -0.481 e. The summed E-state index contributed by atoms with van der Waals surface area (Å²) in [5.41, 5.74) is -0.123. The predicted molar refractivity (Wildman–Crippen MR) is 66.1 cm³/mol. The van der Waals surface area contributed by atoms with Crippen LogP contribution in [-0.2, 0) is 11.0 Å². The monoisotopic (exact) mass is 275 g/mol. The molecule has 0 saturated carbocycles. The molecule has 1 rings (SSSR count). The second-order valence-corrected chi connectivity index (χ2v) is 4.32. The van der Waals surface area contributed by atoms with Crippen molar-refractivity contribution in [2.24, 2.45) is 5.92 Å². The van der Waals surface area contributed by atoms with Crippen LogP contribution in [0.25, 0.3) is 0 Å².